The van der Waals surface area contributed by atoms with Crippen LogP contribution in [0.3, 0.4) is 0 Å². The van der Waals surface area contributed by atoms with E-state index in [2.05, 4.69) is 5.32 Å². The molecule has 1 aromatic carbocycles. The van der Waals surface area contributed by atoms with E-state index in [-0.39, 0.29) is 37.7 Å². The van der Waals surface area contributed by atoms with Gasteiger partial charge in [-0.2, -0.15) is 13.2 Å². The number of amides is 3. The number of primary amides is 1. The smallest absolute Gasteiger partial charge is 0.370 e. The Bertz CT molecular complexity index is 834. The van der Waals surface area contributed by atoms with Gasteiger partial charge < -0.3 is 20.7 Å². The summed E-state index contributed by atoms with van der Waals surface area (Å²) in [6, 6.07) is 1.29. The lowest BCUT2D eigenvalue weighted by Crippen LogP contribution is -2.54. The molecule has 0 unspecified atom stereocenters. The van der Waals surface area contributed by atoms with Crippen LogP contribution in [0.5, 0.6) is 0 Å². The van der Waals surface area contributed by atoms with E-state index in [9.17, 15) is 36.3 Å². The van der Waals surface area contributed by atoms with Gasteiger partial charge in [-0.3, -0.25) is 19.3 Å². The molecule has 1 saturated heterocycles. The fraction of sp³-hybridized carbons (Fsp3) is 0.500. The summed E-state index contributed by atoms with van der Waals surface area (Å²) in [5.74, 6) is -3.05. The molecule has 1 heterocycles. The van der Waals surface area contributed by atoms with Crippen molar-refractivity contribution in [2.24, 2.45) is 5.73 Å². The van der Waals surface area contributed by atoms with Crippen LogP contribution < -0.4 is 16.0 Å². The average Bonchev–Trinajstić information content (AvgIpc) is 2.66. The molecule has 3 N–H and O–H groups in total. The molecule has 1 fully saturated rings. The summed E-state index contributed by atoms with van der Waals surface area (Å²) in [6.07, 6.45) is -7.72. The molecule has 8 nitrogen and oxygen atoms in total. The van der Waals surface area contributed by atoms with Crippen LogP contribution >= 0.6 is 0 Å². The summed E-state index contributed by atoms with van der Waals surface area (Å²) in [7, 11) is 0. The average molecular weight is 452 g/mol. The summed E-state index contributed by atoms with van der Waals surface area (Å²) in [5, 5.41) is 2.15. The van der Waals surface area contributed by atoms with Gasteiger partial charge in [0, 0.05) is 17.8 Å². The molecule has 0 aliphatic carbocycles. The van der Waals surface area contributed by atoms with Crippen molar-refractivity contribution < 1.29 is 41.1 Å². The Morgan fingerprint density at radius 1 is 1.32 bits per heavy atom. The van der Waals surface area contributed by atoms with Crippen molar-refractivity contribution in [2.75, 3.05) is 43.1 Å². The molecule has 0 spiro atoms. The topological polar surface area (TPSA) is 105 Å². The van der Waals surface area contributed by atoms with Crippen LogP contribution in [0.25, 0.3) is 0 Å². The van der Waals surface area contributed by atoms with Crippen LogP contribution in [-0.4, -0.2) is 67.7 Å². The highest BCUT2D eigenvalue weighted by atomic mass is 19.4. The van der Waals surface area contributed by atoms with Gasteiger partial charge in [-0.15, -0.1) is 0 Å². The molecule has 2 rings (SSSR count). The Kier molecular flexibility index (Phi) is 7.90. The van der Waals surface area contributed by atoms with E-state index in [1.807, 2.05) is 0 Å². The number of alkyl halides is 5. The molecule has 0 radical (unpaired) electrons. The van der Waals surface area contributed by atoms with Crippen molar-refractivity contribution in [1.29, 1.82) is 0 Å². The number of carbonyl (C=O) groups is 3. The highest BCUT2D eigenvalue weighted by Crippen LogP contribution is 2.33. The molecule has 13 heteroatoms. The van der Waals surface area contributed by atoms with E-state index in [1.165, 1.54) is 19.1 Å². The molecule has 1 aromatic rings. The molecule has 172 valence electrons. The molecule has 1 aliphatic rings. The van der Waals surface area contributed by atoms with Gasteiger partial charge in [-0.05, 0) is 24.7 Å². The van der Waals surface area contributed by atoms with Gasteiger partial charge in [0.15, 0.2) is 6.04 Å². The first kappa shape index (κ1) is 24.5. The number of ether oxygens (including phenoxy) is 1. The second-order valence-corrected chi connectivity index (χ2v) is 6.64. The van der Waals surface area contributed by atoms with Crippen molar-refractivity contribution in [3.05, 3.63) is 23.8 Å². The van der Waals surface area contributed by atoms with E-state index in [1.54, 1.807) is 0 Å². The number of hydrogen-bond donors (Lipinski definition) is 2. The third-order valence-electron chi connectivity index (χ3n) is 4.48. The Balaban J connectivity index is 2.29. The van der Waals surface area contributed by atoms with Crippen LogP contribution in [0.4, 0.5) is 33.3 Å². The zero-order valence-corrected chi connectivity index (χ0v) is 16.4. The van der Waals surface area contributed by atoms with E-state index in [0.29, 0.717) is 4.90 Å². The van der Waals surface area contributed by atoms with Crippen LogP contribution in [-0.2, 0) is 19.1 Å². The molecule has 3 amide bonds. The maximum Gasteiger partial charge on any atom is 0.401 e. The quantitative estimate of drug-likeness (QED) is 0.461. The number of hydrogen-bond acceptors (Lipinski definition) is 5. The van der Waals surface area contributed by atoms with Gasteiger partial charge in [-0.25, -0.2) is 8.78 Å². The SMILES string of the molecule is CCN(CC(F)(F)F)[C@@H](C(N)=O)C(=O)Nc1ccc(N2CCOCC2=O)c(C(F)F)c1. The van der Waals surface area contributed by atoms with Gasteiger partial charge in [0.2, 0.25) is 5.91 Å². The zero-order chi connectivity index (χ0) is 23.3. The molecular formula is C18H21F5N4O4. The maximum atomic E-state index is 13.6. The Morgan fingerprint density at radius 2 is 2.00 bits per heavy atom. The van der Waals surface area contributed by atoms with Gasteiger partial charge in [0.05, 0.1) is 18.8 Å². The van der Waals surface area contributed by atoms with Gasteiger partial charge >= 0.3 is 6.18 Å². The number of nitrogens with two attached hydrogens (primary N) is 1. The van der Waals surface area contributed by atoms with E-state index in [0.717, 1.165) is 11.0 Å². The van der Waals surface area contributed by atoms with Crippen molar-refractivity contribution in [1.82, 2.24) is 4.90 Å². The number of nitrogens with zero attached hydrogens (tertiary/aromatic N) is 2. The largest absolute Gasteiger partial charge is 0.401 e. The fourth-order valence-electron chi connectivity index (χ4n) is 3.13. The normalized spacial score (nSPS) is 16.0. The van der Waals surface area contributed by atoms with Crippen molar-refractivity contribution in [3.8, 4) is 0 Å². The van der Waals surface area contributed by atoms with Crippen LogP contribution in [0, 0.1) is 0 Å². The first-order chi connectivity index (χ1) is 14.4. The van der Waals surface area contributed by atoms with E-state index < -0.39 is 48.5 Å². The molecule has 0 saturated carbocycles. The summed E-state index contributed by atoms with van der Waals surface area (Å²) < 4.78 is 70.4. The molecule has 0 aromatic heterocycles. The minimum absolute atomic E-state index is 0.0525. The number of anilines is 2. The van der Waals surface area contributed by atoms with Crippen LogP contribution in [0.15, 0.2) is 18.2 Å². The number of halogens is 5. The summed E-state index contributed by atoms with van der Waals surface area (Å²) in [6.45, 7) is -0.645. The summed E-state index contributed by atoms with van der Waals surface area (Å²) >= 11 is 0. The van der Waals surface area contributed by atoms with Crippen LogP contribution in [0.1, 0.15) is 18.9 Å². The summed E-state index contributed by atoms with van der Waals surface area (Å²) in [5.41, 5.74) is 4.26. The minimum Gasteiger partial charge on any atom is -0.370 e. The highest BCUT2D eigenvalue weighted by molar-refractivity contribution is 6.09. The monoisotopic (exact) mass is 452 g/mol. The number of morpholine rings is 1. The van der Waals surface area contributed by atoms with Crippen molar-refractivity contribution in [3.63, 3.8) is 0 Å². The van der Waals surface area contributed by atoms with Crippen molar-refractivity contribution in [2.45, 2.75) is 25.6 Å². The zero-order valence-electron chi connectivity index (χ0n) is 16.4. The summed E-state index contributed by atoms with van der Waals surface area (Å²) in [4.78, 5) is 37.7. The number of carbonyl (C=O) groups excluding carboxylic acids is 3. The maximum absolute atomic E-state index is 13.6. The number of nitrogens with one attached hydrogen (secondary N) is 1. The first-order valence-corrected chi connectivity index (χ1v) is 9.15. The lowest BCUT2D eigenvalue weighted by atomic mass is 10.1. The lowest BCUT2D eigenvalue weighted by Gasteiger charge is -2.29. The second kappa shape index (κ2) is 10.0. The van der Waals surface area contributed by atoms with E-state index in [4.69, 9.17) is 10.5 Å². The van der Waals surface area contributed by atoms with Crippen LogP contribution in [0.2, 0.25) is 0 Å². The lowest BCUT2D eigenvalue weighted by molar-refractivity contribution is -0.156. The predicted molar refractivity (Wildman–Crippen MR) is 99.5 cm³/mol. The number of benzene rings is 1. The second-order valence-electron chi connectivity index (χ2n) is 6.64. The predicted octanol–water partition coefficient (Wildman–Crippen LogP) is 1.66. The Hall–Kier alpha value is -2.80. The molecule has 1 atom stereocenters. The van der Waals surface area contributed by atoms with Gasteiger partial charge in [0.25, 0.3) is 18.2 Å². The molecule has 31 heavy (non-hydrogen) atoms. The standard InChI is InChI=1S/C18H21F5N4O4/c1-2-26(9-18(21,22)23)14(16(24)29)17(30)25-10-3-4-12(11(7-10)15(19)20)27-5-6-31-8-13(27)28/h3-4,7,14-15H,2,5-6,8-9H2,1H3,(H2,24,29)(H,25,30)/t14-/m0/s1. The van der Waals surface area contributed by atoms with Gasteiger partial charge in [-0.1, -0.05) is 6.92 Å². The molecular weight excluding hydrogens is 431 g/mol. The van der Waals surface area contributed by atoms with E-state index >= 15 is 0 Å². The Morgan fingerprint density at radius 3 is 2.52 bits per heavy atom. The fourth-order valence-corrected chi connectivity index (χ4v) is 3.13. The van der Waals surface area contributed by atoms with Gasteiger partial charge in [0.1, 0.15) is 6.61 Å². The first-order valence-electron chi connectivity index (χ1n) is 9.15. The minimum atomic E-state index is -4.70. The number of rotatable bonds is 8. The number of likely N-dealkylation sites (N-methyl/N-ethyl adjacent to an activating group) is 1. The highest BCUT2D eigenvalue weighted by Gasteiger charge is 2.38. The molecule has 0 bridgehead atoms. The third kappa shape index (κ3) is 6.34. The van der Waals surface area contributed by atoms with Crippen molar-refractivity contribution >= 4 is 29.1 Å². The molecule has 1 aliphatic heterocycles. The third-order valence-corrected chi connectivity index (χ3v) is 4.48. The Labute approximate surface area is 174 Å².